The van der Waals surface area contributed by atoms with Crippen LogP contribution in [0.5, 0.6) is 0 Å². The molecule has 0 saturated carbocycles. The van der Waals surface area contributed by atoms with Crippen LogP contribution < -0.4 is 5.43 Å². The van der Waals surface area contributed by atoms with E-state index in [1.807, 2.05) is 37.3 Å². The summed E-state index contributed by atoms with van der Waals surface area (Å²) < 4.78 is 37.5. The van der Waals surface area contributed by atoms with Crippen molar-refractivity contribution in [3.63, 3.8) is 0 Å². The topological polar surface area (TPSA) is 37.3 Å². The predicted molar refractivity (Wildman–Crippen MR) is 81.2 cm³/mol. The van der Waals surface area contributed by atoms with E-state index in [0.717, 1.165) is 11.6 Å². The van der Waals surface area contributed by atoms with E-state index in [9.17, 15) is 13.2 Å². The molecule has 0 amide bonds. The summed E-state index contributed by atoms with van der Waals surface area (Å²) in [4.78, 5) is 3.64. The average molecular weight is 328 g/mol. The van der Waals surface area contributed by atoms with Gasteiger partial charge in [-0.1, -0.05) is 48.9 Å². The molecule has 0 saturated heterocycles. The lowest BCUT2D eigenvalue weighted by molar-refractivity contribution is -0.137. The number of anilines is 1. The normalized spacial score (nSPS) is 13.3. The second kappa shape index (κ2) is 6.79. The quantitative estimate of drug-likeness (QED) is 0.637. The minimum atomic E-state index is -4.47. The third-order valence-corrected chi connectivity index (χ3v) is 3.25. The highest BCUT2D eigenvalue weighted by Gasteiger charge is 2.31. The number of hydrogen-bond donors (Lipinski definition) is 1. The zero-order valence-corrected chi connectivity index (χ0v) is 12.4. The summed E-state index contributed by atoms with van der Waals surface area (Å²) >= 11 is 5.77. The number of pyridine rings is 1. The Kier molecular flexibility index (Phi) is 5.03. The molecule has 116 valence electrons. The van der Waals surface area contributed by atoms with E-state index >= 15 is 0 Å². The fraction of sp³-hybridized carbons (Fsp3) is 0.200. The van der Waals surface area contributed by atoms with Crippen LogP contribution in [0.4, 0.5) is 19.0 Å². The Morgan fingerprint density at radius 1 is 1.27 bits per heavy atom. The first-order valence-corrected chi connectivity index (χ1v) is 6.82. The van der Waals surface area contributed by atoms with E-state index in [0.29, 0.717) is 6.20 Å². The fourth-order valence-corrected chi connectivity index (χ4v) is 1.94. The standard InChI is InChI=1S/C15H13ClF3N3/c1-10(11-5-3-2-4-6-11)8-21-22-14-13(16)7-12(9-20-14)15(17,18)19/h2-10H,1H3,(H,20,22)/b21-8-/t10-/m0/s1. The highest BCUT2D eigenvalue weighted by molar-refractivity contribution is 6.32. The average Bonchev–Trinajstić information content (AvgIpc) is 2.48. The molecule has 1 aromatic heterocycles. The lowest BCUT2D eigenvalue weighted by Crippen LogP contribution is -2.06. The maximum Gasteiger partial charge on any atom is 0.417 e. The van der Waals surface area contributed by atoms with Crippen molar-refractivity contribution in [1.82, 2.24) is 4.98 Å². The fourth-order valence-electron chi connectivity index (χ4n) is 1.73. The van der Waals surface area contributed by atoms with Gasteiger partial charge < -0.3 is 0 Å². The summed E-state index contributed by atoms with van der Waals surface area (Å²) in [5.74, 6) is 0.119. The van der Waals surface area contributed by atoms with Gasteiger partial charge in [0.2, 0.25) is 0 Å². The Balaban J connectivity index is 2.04. The molecule has 22 heavy (non-hydrogen) atoms. The monoisotopic (exact) mass is 327 g/mol. The highest BCUT2D eigenvalue weighted by atomic mass is 35.5. The Bertz CT molecular complexity index is 657. The second-order valence-electron chi connectivity index (χ2n) is 4.64. The summed E-state index contributed by atoms with van der Waals surface area (Å²) in [6, 6.07) is 10.5. The van der Waals surface area contributed by atoms with Gasteiger partial charge in [0.05, 0.1) is 10.6 Å². The first kappa shape index (κ1) is 16.3. The van der Waals surface area contributed by atoms with Crippen molar-refractivity contribution in [2.75, 3.05) is 5.43 Å². The molecule has 0 bridgehead atoms. The molecule has 0 aliphatic heterocycles. The van der Waals surface area contributed by atoms with Crippen molar-refractivity contribution in [3.05, 3.63) is 58.7 Å². The predicted octanol–water partition coefficient (Wildman–Crippen LogP) is 4.96. The van der Waals surface area contributed by atoms with Gasteiger partial charge in [0, 0.05) is 18.3 Å². The molecule has 0 unspecified atom stereocenters. The minimum absolute atomic E-state index is 0.0434. The largest absolute Gasteiger partial charge is 0.417 e. The third-order valence-electron chi connectivity index (χ3n) is 2.96. The van der Waals surface area contributed by atoms with Gasteiger partial charge in [0.15, 0.2) is 5.82 Å². The first-order valence-electron chi connectivity index (χ1n) is 6.45. The van der Waals surface area contributed by atoms with Crippen molar-refractivity contribution >= 4 is 23.6 Å². The zero-order chi connectivity index (χ0) is 16.2. The molecule has 2 rings (SSSR count). The summed E-state index contributed by atoms with van der Waals surface area (Å²) in [6.07, 6.45) is -2.13. The number of alkyl halides is 3. The van der Waals surface area contributed by atoms with E-state index in [2.05, 4.69) is 15.5 Å². The van der Waals surface area contributed by atoms with Crippen LogP contribution in [0.15, 0.2) is 47.7 Å². The Hall–Kier alpha value is -2.08. The van der Waals surface area contributed by atoms with Crippen molar-refractivity contribution in [1.29, 1.82) is 0 Å². The zero-order valence-electron chi connectivity index (χ0n) is 11.6. The molecule has 0 fully saturated rings. The van der Waals surface area contributed by atoms with Crippen LogP contribution in [0.3, 0.4) is 0 Å². The molecule has 0 aliphatic carbocycles. The molecule has 1 atom stereocenters. The van der Waals surface area contributed by atoms with Gasteiger partial charge in [-0.2, -0.15) is 18.3 Å². The number of hydrazone groups is 1. The molecule has 2 aromatic rings. The van der Waals surface area contributed by atoms with E-state index in [1.54, 1.807) is 6.21 Å². The highest BCUT2D eigenvalue weighted by Crippen LogP contribution is 2.32. The number of aromatic nitrogens is 1. The van der Waals surface area contributed by atoms with Gasteiger partial charge >= 0.3 is 6.18 Å². The molecule has 3 nitrogen and oxygen atoms in total. The minimum Gasteiger partial charge on any atom is -0.260 e. The molecule has 1 N–H and O–H groups in total. The number of benzene rings is 1. The van der Waals surface area contributed by atoms with Crippen molar-refractivity contribution in [3.8, 4) is 0 Å². The first-order chi connectivity index (χ1) is 10.4. The van der Waals surface area contributed by atoms with Gasteiger partial charge in [-0.25, -0.2) is 4.98 Å². The number of nitrogens with zero attached hydrogens (tertiary/aromatic N) is 2. The van der Waals surface area contributed by atoms with E-state index in [-0.39, 0.29) is 16.8 Å². The van der Waals surface area contributed by atoms with Crippen LogP contribution in [0.25, 0.3) is 0 Å². The number of rotatable bonds is 4. The van der Waals surface area contributed by atoms with Crippen LogP contribution in [-0.2, 0) is 6.18 Å². The summed E-state index contributed by atoms with van der Waals surface area (Å²) in [5, 5.41) is 3.83. The Morgan fingerprint density at radius 3 is 2.55 bits per heavy atom. The maximum atomic E-state index is 12.5. The maximum absolute atomic E-state index is 12.5. The summed E-state index contributed by atoms with van der Waals surface area (Å²) in [7, 11) is 0. The van der Waals surface area contributed by atoms with Crippen LogP contribution in [-0.4, -0.2) is 11.2 Å². The summed E-state index contributed by atoms with van der Waals surface area (Å²) in [6.45, 7) is 1.95. The number of nitrogens with one attached hydrogen (secondary N) is 1. The molecular weight excluding hydrogens is 315 g/mol. The molecule has 0 spiro atoms. The molecular formula is C15H13ClF3N3. The van der Waals surface area contributed by atoms with Crippen LogP contribution in [0, 0.1) is 0 Å². The van der Waals surface area contributed by atoms with Gasteiger partial charge in [-0.15, -0.1) is 0 Å². The van der Waals surface area contributed by atoms with Gasteiger partial charge in [-0.05, 0) is 11.6 Å². The van der Waals surface area contributed by atoms with E-state index < -0.39 is 11.7 Å². The van der Waals surface area contributed by atoms with E-state index in [4.69, 9.17) is 11.6 Å². The smallest absolute Gasteiger partial charge is 0.260 e. The van der Waals surface area contributed by atoms with Gasteiger partial charge in [0.1, 0.15) is 0 Å². The molecule has 0 radical (unpaired) electrons. The van der Waals surface area contributed by atoms with Crippen molar-refractivity contribution < 1.29 is 13.2 Å². The number of hydrogen-bond acceptors (Lipinski definition) is 3. The Morgan fingerprint density at radius 2 is 1.95 bits per heavy atom. The lowest BCUT2D eigenvalue weighted by Gasteiger charge is -2.09. The Labute approximate surface area is 130 Å². The summed E-state index contributed by atoms with van der Waals surface area (Å²) in [5.41, 5.74) is 2.72. The van der Waals surface area contributed by atoms with Gasteiger partial charge in [-0.3, -0.25) is 5.43 Å². The third kappa shape index (κ3) is 4.21. The molecule has 7 heteroatoms. The van der Waals surface area contributed by atoms with Crippen molar-refractivity contribution in [2.24, 2.45) is 5.10 Å². The van der Waals surface area contributed by atoms with Gasteiger partial charge in [0.25, 0.3) is 0 Å². The SMILES string of the molecule is C[C@@H](/C=N\Nc1ncc(C(F)(F)F)cc1Cl)c1ccccc1. The second-order valence-corrected chi connectivity index (χ2v) is 5.05. The van der Waals surface area contributed by atoms with Crippen LogP contribution >= 0.6 is 11.6 Å². The van der Waals surface area contributed by atoms with Crippen LogP contribution in [0.1, 0.15) is 24.0 Å². The molecule has 1 heterocycles. The molecule has 1 aromatic carbocycles. The van der Waals surface area contributed by atoms with E-state index in [1.165, 1.54) is 0 Å². The molecule has 0 aliphatic rings. The number of halogens is 4. The van der Waals surface area contributed by atoms with Crippen molar-refractivity contribution in [2.45, 2.75) is 19.0 Å². The lowest BCUT2D eigenvalue weighted by atomic mass is 10.0. The van der Waals surface area contributed by atoms with Crippen LogP contribution in [0.2, 0.25) is 5.02 Å².